The number of phenolic OH excluding ortho intramolecular Hbond substituents is 1. The van der Waals surface area contributed by atoms with Crippen molar-refractivity contribution in [3.8, 4) is 23.0 Å². The molecule has 0 aromatic heterocycles. The number of carbonyl (C=O) groups excluding carboxylic acids is 4. The Morgan fingerprint density at radius 1 is 0.632 bits per heavy atom. The summed E-state index contributed by atoms with van der Waals surface area (Å²) in [6, 6.07) is 17.1. The fourth-order valence-electron chi connectivity index (χ4n) is 2.88. The molecule has 0 unspecified atom stereocenters. The highest BCUT2D eigenvalue weighted by Gasteiger charge is 2.13. The van der Waals surface area contributed by atoms with Crippen LogP contribution in [0.5, 0.6) is 23.0 Å². The molecule has 0 radical (unpaired) electrons. The van der Waals surface area contributed by atoms with Gasteiger partial charge in [-0.15, -0.1) is 0 Å². The summed E-state index contributed by atoms with van der Waals surface area (Å²) >= 11 is 0. The third-order valence-electron chi connectivity index (χ3n) is 4.81. The lowest BCUT2D eigenvalue weighted by molar-refractivity contribution is -0.137. The molecule has 0 atom stereocenters. The van der Waals surface area contributed by atoms with Gasteiger partial charge >= 0.3 is 24.1 Å². The largest absolute Gasteiger partial charge is 0.513 e. The number of benzene rings is 3. The second-order valence-electron chi connectivity index (χ2n) is 7.60. The first-order chi connectivity index (χ1) is 18.3. The lowest BCUT2D eigenvalue weighted by atomic mass is 10.2. The van der Waals surface area contributed by atoms with Gasteiger partial charge in [-0.2, -0.15) is 0 Å². The highest BCUT2D eigenvalue weighted by Crippen LogP contribution is 2.20. The zero-order valence-corrected chi connectivity index (χ0v) is 20.2. The van der Waals surface area contributed by atoms with Crippen LogP contribution in [0.2, 0.25) is 0 Å². The molecule has 1 N–H and O–H groups in total. The van der Waals surface area contributed by atoms with E-state index in [0.29, 0.717) is 12.8 Å². The number of unbranched alkanes of at least 4 members (excludes halogenated alkanes) is 1. The third kappa shape index (κ3) is 8.83. The highest BCUT2D eigenvalue weighted by molar-refractivity contribution is 5.92. The average Bonchev–Trinajstić information content (AvgIpc) is 2.92. The SMILES string of the molecule is C=CC(=O)OCCCCOC(=O)Oc1ccc(C(=O)Oc2ccc(C(=O)Oc3ccc(O)cc3)cc2)cc1. The van der Waals surface area contributed by atoms with E-state index in [2.05, 4.69) is 6.58 Å². The number of ether oxygens (including phenoxy) is 5. The Hall–Kier alpha value is -5.12. The maximum atomic E-state index is 12.4. The molecule has 3 aromatic carbocycles. The van der Waals surface area contributed by atoms with E-state index < -0.39 is 24.1 Å². The van der Waals surface area contributed by atoms with Crippen molar-refractivity contribution < 1.29 is 48.0 Å². The third-order valence-corrected chi connectivity index (χ3v) is 4.81. The fraction of sp³-hybridized carbons (Fsp3) is 0.143. The van der Waals surface area contributed by atoms with Gasteiger partial charge < -0.3 is 28.8 Å². The number of hydrogen-bond acceptors (Lipinski definition) is 10. The van der Waals surface area contributed by atoms with Crippen LogP contribution in [0, 0.1) is 0 Å². The number of esters is 3. The molecule has 3 rings (SSSR count). The first-order valence-corrected chi connectivity index (χ1v) is 11.4. The minimum Gasteiger partial charge on any atom is -0.508 e. The Bertz CT molecular complexity index is 1260. The van der Waals surface area contributed by atoms with Crippen LogP contribution in [0.1, 0.15) is 33.6 Å². The maximum Gasteiger partial charge on any atom is 0.513 e. The van der Waals surface area contributed by atoms with E-state index in [0.717, 1.165) is 6.08 Å². The van der Waals surface area contributed by atoms with E-state index in [1.165, 1.54) is 72.8 Å². The quantitative estimate of drug-likeness (QED) is 0.123. The molecule has 0 fully saturated rings. The summed E-state index contributed by atoms with van der Waals surface area (Å²) in [7, 11) is 0. The summed E-state index contributed by atoms with van der Waals surface area (Å²) in [5.41, 5.74) is 0.443. The molecule has 0 aliphatic heterocycles. The van der Waals surface area contributed by atoms with Gasteiger partial charge in [-0.05, 0) is 85.6 Å². The maximum absolute atomic E-state index is 12.4. The van der Waals surface area contributed by atoms with Crippen LogP contribution in [0.15, 0.2) is 85.5 Å². The summed E-state index contributed by atoms with van der Waals surface area (Å²) in [5, 5.41) is 9.29. The van der Waals surface area contributed by atoms with Gasteiger partial charge in [-0.1, -0.05) is 6.58 Å². The molecule has 0 saturated heterocycles. The molecule has 38 heavy (non-hydrogen) atoms. The van der Waals surface area contributed by atoms with Gasteiger partial charge in [0.25, 0.3) is 0 Å². The van der Waals surface area contributed by atoms with Crippen molar-refractivity contribution in [1.82, 2.24) is 0 Å². The minimum absolute atomic E-state index is 0.0506. The van der Waals surface area contributed by atoms with Crippen LogP contribution < -0.4 is 14.2 Å². The molecular formula is C28H24O10. The van der Waals surface area contributed by atoms with E-state index >= 15 is 0 Å². The van der Waals surface area contributed by atoms with Crippen molar-refractivity contribution in [2.75, 3.05) is 13.2 Å². The lowest BCUT2D eigenvalue weighted by Gasteiger charge is -2.08. The van der Waals surface area contributed by atoms with Crippen molar-refractivity contribution in [2.45, 2.75) is 12.8 Å². The number of aromatic hydroxyl groups is 1. The first kappa shape index (κ1) is 27.5. The summed E-state index contributed by atoms with van der Waals surface area (Å²) < 4.78 is 25.3. The summed E-state index contributed by atoms with van der Waals surface area (Å²) in [6.45, 7) is 3.57. The van der Waals surface area contributed by atoms with E-state index in [4.69, 9.17) is 23.7 Å². The first-order valence-electron chi connectivity index (χ1n) is 11.4. The predicted octanol–water partition coefficient (Wildman–Crippen LogP) is 4.86. The Balaban J connectivity index is 1.42. The van der Waals surface area contributed by atoms with Crippen LogP contribution >= 0.6 is 0 Å². The minimum atomic E-state index is -0.910. The summed E-state index contributed by atoms with van der Waals surface area (Å²) in [5.74, 6) is -1.09. The van der Waals surface area contributed by atoms with Crippen LogP contribution in [0.4, 0.5) is 4.79 Å². The van der Waals surface area contributed by atoms with Crippen molar-refractivity contribution in [3.05, 3.63) is 96.6 Å². The van der Waals surface area contributed by atoms with Gasteiger partial charge in [0.05, 0.1) is 24.3 Å². The zero-order valence-electron chi connectivity index (χ0n) is 20.2. The Labute approximate surface area is 218 Å². The molecule has 0 bridgehead atoms. The van der Waals surface area contributed by atoms with Crippen molar-refractivity contribution >= 4 is 24.1 Å². The molecule has 0 aliphatic carbocycles. The van der Waals surface area contributed by atoms with E-state index in [1.54, 1.807) is 0 Å². The fourth-order valence-corrected chi connectivity index (χ4v) is 2.88. The normalized spacial score (nSPS) is 10.1. The van der Waals surface area contributed by atoms with E-state index in [1.807, 2.05) is 0 Å². The van der Waals surface area contributed by atoms with Crippen molar-refractivity contribution in [2.24, 2.45) is 0 Å². The van der Waals surface area contributed by atoms with Gasteiger partial charge in [-0.25, -0.2) is 19.2 Å². The van der Waals surface area contributed by atoms with Crippen LogP contribution in [-0.4, -0.2) is 42.4 Å². The lowest BCUT2D eigenvalue weighted by Crippen LogP contribution is -2.13. The molecule has 0 amide bonds. The Morgan fingerprint density at radius 2 is 1.05 bits per heavy atom. The van der Waals surface area contributed by atoms with Gasteiger partial charge in [-0.3, -0.25) is 0 Å². The molecule has 0 saturated carbocycles. The average molecular weight is 520 g/mol. The van der Waals surface area contributed by atoms with Gasteiger partial charge in [0.15, 0.2) is 0 Å². The van der Waals surface area contributed by atoms with Crippen molar-refractivity contribution in [1.29, 1.82) is 0 Å². The molecule has 0 spiro atoms. The van der Waals surface area contributed by atoms with Crippen molar-refractivity contribution in [3.63, 3.8) is 0 Å². The number of phenols is 1. The second kappa shape index (κ2) is 13.8. The number of rotatable bonds is 11. The molecule has 10 nitrogen and oxygen atoms in total. The zero-order chi connectivity index (χ0) is 27.3. The smallest absolute Gasteiger partial charge is 0.508 e. The monoisotopic (exact) mass is 520 g/mol. The Kier molecular flexibility index (Phi) is 10.00. The van der Waals surface area contributed by atoms with Crippen LogP contribution in [0.25, 0.3) is 0 Å². The standard InChI is InChI=1S/C28H24O10/c1-2-25(30)34-17-3-4-18-35-28(33)38-24-13-7-20(8-14-24)26(31)36-22-11-5-19(6-12-22)27(32)37-23-15-9-21(29)10-16-23/h2,5-16,29H,1,3-4,17-18H2. The molecule has 196 valence electrons. The highest BCUT2D eigenvalue weighted by atomic mass is 16.7. The van der Waals surface area contributed by atoms with Crippen LogP contribution in [-0.2, 0) is 14.3 Å². The molecular weight excluding hydrogens is 496 g/mol. The van der Waals surface area contributed by atoms with E-state index in [9.17, 15) is 24.3 Å². The molecule has 3 aromatic rings. The molecule has 10 heteroatoms. The summed E-state index contributed by atoms with van der Waals surface area (Å²) in [6.07, 6.45) is 1.15. The molecule has 0 heterocycles. The van der Waals surface area contributed by atoms with Crippen LogP contribution in [0.3, 0.4) is 0 Å². The number of carbonyl (C=O) groups is 4. The number of hydrogen-bond donors (Lipinski definition) is 1. The van der Waals surface area contributed by atoms with E-state index in [-0.39, 0.29) is 47.3 Å². The second-order valence-corrected chi connectivity index (χ2v) is 7.60. The summed E-state index contributed by atoms with van der Waals surface area (Å²) in [4.78, 5) is 47.3. The molecule has 0 aliphatic rings. The van der Waals surface area contributed by atoms with Gasteiger partial charge in [0, 0.05) is 6.08 Å². The predicted molar refractivity (Wildman–Crippen MR) is 133 cm³/mol. The van der Waals surface area contributed by atoms with Gasteiger partial charge in [0.1, 0.15) is 23.0 Å². The Morgan fingerprint density at radius 3 is 1.53 bits per heavy atom. The van der Waals surface area contributed by atoms with Gasteiger partial charge in [0.2, 0.25) is 0 Å². The topological polar surface area (TPSA) is 135 Å².